The van der Waals surface area contributed by atoms with E-state index in [1.807, 2.05) is 6.20 Å². The van der Waals surface area contributed by atoms with Gasteiger partial charge in [-0.15, -0.1) is 0 Å². The van der Waals surface area contributed by atoms with E-state index in [-0.39, 0.29) is 0 Å². The lowest BCUT2D eigenvalue weighted by atomic mass is 9.93. The highest BCUT2D eigenvalue weighted by Crippen LogP contribution is 2.50. The van der Waals surface area contributed by atoms with Crippen LogP contribution in [0.3, 0.4) is 0 Å². The van der Waals surface area contributed by atoms with Crippen LogP contribution in [0.15, 0.2) is 12.4 Å². The molecule has 1 atom stereocenters. The van der Waals surface area contributed by atoms with Crippen molar-refractivity contribution in [3.05, 3.63) is 18.2 Å². The van der Waals surface area contributed by atoms with Crippen LogP contribution >= 0.6 is 0 Å². The number of rotatable bonds is 5. The third-order valence-corrected chi connectivity index (χ3v) is 5.87. The summed E-state index contributed by atoms with van der Waals surface area (Å²) in [6, 6.07) is 0.417. The predicted molar refractivity (Wildman–Crippen MR) is 85.4 cm³/mol. The van der Waals surface area contributed by atoms with Crippen LogP contribution in [0.5, 0.6) is 0 Å². The first-order valence-electron chi connectivity index (χ1n) is 8.99. The van der Waals surface area contributed by atoms with Gasteiger partial charge >= 0.3 is 0 Å². The molecule has 1 saturated heterocycles. The number of aryl methyl sites for hydroxylation is 1. The molecule has 2 saturated carbocycles. The van der Waals surface area contributed by atoms with Crippen molar-refractivity contribution in [1.82, 2.24) is 14.5 Å². The highest BCUT2D eigenvalue weighted by Gasteiger charge is 2.43. The quantitative estimate of drug-likeness (QED) is 0.838. The average Bonchev–Trinajstić information content (AvgIpc) is 3.44. The third-order valence-electron chi connectivity index (χ3n) is 5.87. The zero-order valence-electron chi connectivity index (χ0n) is 13.6. The van der Waals surface area contributed by atoms with Gasteiger partial charge in [-0.3, -0.25) is 4.79 Å². The zero-order valence-corrected chi connectivity index (χ0v) is 13.6. The van der Waals surface area contributed by atoms with Crippen LogP contribution in [0.4, 0.5) is 0 Å². The maximum Gasteiger partial charge on any atom is 0.222 e. The van der Waals surface area contributed by atoms with Crippen molar-refractivity contribution >= 4 is 5.91 Å². The van der Waals surface area contributed by atoms with Gasteiger partial charge in [0.1, 0.15) is 5.82 Å². The second-order valence-electron chi connectivity index (χ2n) is 7.56. The molecule has 0 unspecified atom stereocenters. The lowest BCUT2D eigenvalue weighted by molar-refractivity contribution is -0.134. The molecular weight excluding hydrogens is 274 g/mol. The first-order valence-corrected chi connectivity index (χ1v) is 8.99. The summed E-state index contributed by atoms with van der Waals surface area (Å²) in [5.41, 5.74) is 0. The van der Waals surface area contributed by atoms with Crippen LogP contribution in [0.2, 0.25) is 0 Å². The Morgan fingerprint density at radius 1 is 1.27 bits per heavy atom. The lowest BCUT2D eigenvalue weighted by Gasteiger charge is -2.35. The maximum atomic E-state index is 12.8. The van der Waals surface area contributed by atoms with E-state index < -0.39 is 0 Å². The molecule has 120 valence electrons. The van der Waals surface area contributed by atoms with Crippen molar-refractivity contribution in [1.29, 1.82) is 0 Å². The summed E-state index contributed by atoms with van der Waals surface area (Å²) in [5.74, 6) is 3.91. The first-order chi connectivity index (χ1) is 10.7. The molecule has 1 aliphatic heterocycles. The van der Waals surface area contributed by atoms with E-state index in [2.05, 4.69) is 27.6 Å². The number of nitrogens with zero attached hydrogens (tertiary/aromatic N) is 3. The Balaban J connectivity index is 1.39. The minimum Gasteiger partial charge on any atom is -0.341 e. The van der Waals surface area contributed by atoms with Crippen molar-refractivity contribution in [2.45, 2.75) is 57.9 Å². The summed E-state index contributed by atoms with van der Waals surface area (Å²) in [7, 11) is 0. The molecule has 0 bridgehead atoms. The predicted octanol–water partition coefficient (Wildman–Crippen LogP) is 3.18. The Bertz CT molecular complexity index is 532. The van der Waals surface area contributed by atoms with Gasteiger partial charge in [-0.2, -0.15) is 0 Å². The number of piperidine rings is 1. The second kappa shape index (κ2) is 5.71. The summed E-state index contributed by atoms with van der Waals surface area (Å²) >= 11 is 0. The Kier molecular flexibility index (Phi) is 3.71. The number of hydrogen-bond acceptors (Lipinski definition) is 2. The number of carbonyl (C=O) groups excluding carboxylic acids is 1. The Hall–Kier alpha value is -1.32. The molecule has 0 N–H and O–H groups in total. The zero-order chi connectivity index (χ0) is 15.1. The van der Waals surface area contributed by atoms with Gasteiger partial charge in [0.2, 0.25) is 5.91 Å². The van der Waals surface area contributed by atoms with E-state index >= 15 is 0 Å². The third kappa shape index (κ3) is 2.92. The monoisotopic (exact) mass is 301 g/mol. The number of likely N-dealkylation sites (tertiary alicyclic amines) is 1. The summed E-state index contributed by atoms with van der Waals surface area (Å²) in [6.45, 7) is 3.88. The fourth-order valence-corrected chi connectivity index (χ4v) is 4.28. The lowest BCUT2D eigenvalue weighted by Crippen LogP contribution is -2.41. The smallest absolute Gasteiger partial charge is 0.222 e. The standard InChI is InChI=1S/C18H27N3O/c1-13-19-8-10-21(13)16-3-2-9-20(12-16)18(22)11-17(14-4-5-14)15-6-7-15/h8,10,14-17H,2-7,9,11-12H2,1H3/t16-/m1/s1. The Labute approximate surface area is 132 Å². The van der Waals surface area contributed by atoms with Crippen molar-refractivity contribution in [2.24, 2.45) is 17.8 Å². The van der Waals surface area contributed by atoms with Crippen LogP contribution in [-0.2, 0) is 4.79 Å². The molecule has 1 amide bonds. The summed E-state index contributed by atoms with van der Waals surface area (Å²) in [4.78, 5) is 19.2. The van der Waals surface area contributed by atoms with Crippen molar-refractivity contribution < 1.29 is 4.79 Å². The fraction of sp³-hybridized carbons (Fsp3) is 0.778. The molecule has 0 spiro atoms. The largest absolute Gasteiger partial charge is 0.341 e. The molecule has 0 radical (unpaired) electrons. The van der Waals surface area contributed by atoms with Crippen LogP contribution in [0.25, 0.3) is 0 Å². The number of hydrogen-bond donors (Lipinski definition) is 0. The van der Waals surface area contributed by atoms with Crippen LogP contribution < -0.4 is 0 Å². The van der Waals surface area contributed by atoms with Crippen molar-refractivity contribution in [3.63, 3.8) is 0 Å². The summed E-state index contributed by atoms with van der Waals surface area (Å²) < 4.78 is 2.25. The molecule has 2 heterocycles. The molecule has 2 aliphatic carbocycles. The van der Waals surface area contributed by atoms with Gasteiger partial charge < -0.3 is 9.47 Å². The molecule has 1 aromatic heterocycles. The van der Waals surface area contributed by atoms with Gasteiger partial charge in [-0.25, -0.2) is 4.98 Å². The van der Waals surface area contributed by atoms with E-state index in [9.17, 15) is 4.79 Å². The molecule has 3 fully saturated rings. The summed E-state index contributed by atoms with van der Waals surface area (Å²) in [5, 5.41) is 0. The van der Waals surface area contributed by atoms with Crippen LogP contribution in [0.1, 0.15) is 56.8 Å². The SMILES string of the molecule is Cc1nccn1[C@@H]1CCCN(C(=O)CC(C2CC2)C2CC2)C1. The second-order valence-corrected chi connectivity index (χ2v) is 7.56. The minimum absolute atomic E-state index is 0.409. The van der Waals surface area contributed by atoms with Gasteiger partial charge in [0, 0.05) is 31.9 Å². The van der Waals surface area contributed by atoms with E-state index in [1.165, 1.54) is 25.7 Å². The minimum atomic E-state index is 0.409. The number of imidazole rings is 1. The van der Waals surface area contributed by atoms with Gasteiger partial charge in [0.25, 0.3) is 0 Å². The Morgan fingerprint density at radius 2 is 2.00 bits per heavy atom. The van der Waals surface area contributed by atoms with Gasteiger partial charge in [-0.05, 0) is 63.2 Å². The normalized spacial score (nSPS) is 25.7. The maximum absolute atomic E-state index is 12.8. The van der Waals surface area contributed by atoms with Gasteiger partial charge in [0.05, 0.1) is 6.04 Å². The van der Waals surface area contributed by atoms with E-state index in [0.29, 0.717) is 17.9 Å². The fourth-order valence-electron chi connectivity index (χ4n) is 4.28. The van der Waals surface area contributed by atoms with Crippen LogP contribution in [-0.4, -0.2) is 33.4 Å². The molecule has 3 aliphatic rings. The Morgan fingerprint density at radius 3 is 2.59 bits per heavy atom. The van der Waals surface area contributed by atoms with E-state index in [0.717, 1.165) is 50.0 Å². The topological polar surface area (TPSA) is 38.1 Å². The highest BCUT2D eigenvalue weighted by molar-refractivity contribution is 5.76. The number of carbonyl (C=O) groups is 1. The summed E-state index contributed by atoms with van der Waals surface area (Å²) in [6.07, 6.45) is 12.5. The molecule has 4 rings (SSSR count). The molecule has 4 heteroatoms. The van der Waals surface area contributed by atoms with E-state index in [1.54, 1.807) is 0 Å². The van der Waals surface area contributed by atoms with Crippen LogP contribution in [0, 0.1) is 24.7 Å². The molecule has 1 aromatic rings. The first kappa shape index (κ1) is 14.3. The molecule has 22 heavy (non-hydrogen) atoms. The average molecular weight is 301 g/mol. The molecular formula is C18H27N3O. The number of amides is 1. The molecule has 4 nitrogen and oxygen atoms in total. The van der Waals surface area contributed by atoms with Crippen molar-refractivity contribution in [3.8, 4) is 0 Å². The van der Waals surface area contributed by atoms with Crippen molar-refractivity contribution in [2.75, 3.05) is 13.1 Å². The van der Waals surface area contributed by atoms with E-state index in [4.69, 9.17) is 0 Å². The van der Waals surface area contributed by atoms with Gasteiger partial charge in [0.15, 0.2) is 0 Å². The van der Waals surface area contributed by atoms with Gasteiger partial charge in [-0.1, -0.05) is 0 Å². The number of aromatic nitrogens is 2. The molecule has 0 aromatic carbocycles. The highest BCUT2D eigenvalue weighted by atomic mass is 16.2.